The van der Waals surface area contributed by atoms with Crippen molar-refractivity contribution in [3.8, 4) is 11.8 Å². The van der Waals surface area contributed by atoms with Crippen molar-refractivity contribution in [3.05, 3.63) is 35.5 Å². The molecule has 0 aliphatic carbocycles. The van der Waals surface area contributed by atoms with E-state index in [1.54, 1.807) is 7.11 Å². The van der Waals surface area contributed by atoms with Crippen molar-refractivity contribution in [3.63, 3.8) is 0 Å². The van der Waals surface area contributed by atoms with Gasteiger partial charge in [-0.3, -0.25) is 0 Å². The molecule has 2 aromatic heterocycles. The van der Waals surface area contributed by atoms with E-state index in [4.69, 9.17) is 19.3 Å². The van der Waals surface area contributed by atoms with Gasteiger partial charge >= 0.3 is 12.1 Å². The van der Waals surface area contributed by atoms with Crippen molar-refractivity contribution >= 4 is 22.8 Å². The molecule has 1 amide bonds. The Morgan fingerprint density at radius 2 is 1.74 bits per heavy atom. The smallest absolute Gasteiger partial charge is 0.410 e. The van der Waals surface area contributed by atoms with Crippen molar-refractivity contribution in [2.24, 2.45) is 0 Å². The van der Waals surface area contributed by atoms with Crippen LogP contribution in [-0.2, 0) is 9.47 Å². The molecule has 4 fully saturated rings. The van der Waals surface area contributed by atoms with Crippen molar-refractivity contribution in [1.82, 2.24) is 24.6 Å². The number of methoxy groups -OCH3 is 1. The molecular formula is C28H36N6O4. The average Bonchev–Trinajstić information content (AvgIpc) is 3.29. The largest absolute Gasteiger partial charge is 0.467 e. The molecule has 2 bridgehead atoms. The molecule has 2 unspecified atom stereocenters. The molecule has 4 saturated heterocycles. The number of rotatable bonds is 4. The summed E-state index contributed by atoms with van der Waals surface area (Å²) >= 11 is 0. The number of amides is 1. The lowest BCUT2D eigenvalue weighted by Gasteiger charge is -2.47. The summed E-state index contributed by atoms with van der Waals surface area (Å²) in [5.74, 6) is 1.86. The summed E-state index contributed by atoms with van der Waals surface area (Å²) < 4.78 is 18.7. The van der Waals surface area contributed by atoms with Gasteiger partial charge in [-0.25, -0.2) is 9.48 Å². The normalized spacial score (nSPS) is 21.9. The highest BCUT2D eigenvalue weighted by molar-refractivity contribution is 5.82. The number of benzene rings is 1. The predicted octanol–water partition coefficient (Wildman–Crippen LogP) is 4.22. The summed E-state index contributed by atoms with van der Waals surface area (Å²) in [5, 5.41) is 5.77. The summed E-state index contributed by atoms with van der Waals surface area (Å²) in [5.41, 5.74) is 3.04. The maximum Gasteiger partial charge on any atom is 0.410 e. The fraction of sp³-hybridized carbons (Fsp3) is 0.571. The van der Waals surface area contributed by atoms with Gasteiger partial charge in [0, 0.05) is 44.1 Å². The number of piperidine rings is 2. The van der Waals surface area contributed by atoms with Gasteiger partial charge in [0.1, 0.15) is 11.4 Å². The number of anilines is 1. The molecular weight excluding hydrogens is 484 g/mol. The number of aryl methyl sites for hydroxylation is 1. The van der Waals surface area contributed by atoms with Crippen LogP contribution in [0.25, 0.3) is 16.7 Å². The van der Waals surface area contributed by atoms with Gasteiger partial charge < -0.3 is 24.0 Å². The Labute approximate surface area is 222 Å². The first-order valence-electron chi connectivity index (χ1n) is 13.5. The molecule has 10 nitrogen and oxygen atoms in total. The van der Waals surface area contributed by atoms with Gasteiger partial charge in [0.2, 0.25) is 0 Å². The fourth-order valence-electron chi connectivity index (χ4n) is 5.83. The van der Waals surface area contributed by atoms with Crippen LogP contribution in [0.5, 0.6) is 6.01 Å². The number of carbonyl (C=O) groups excluding carboxylic acids is 1. The van der Waals surface area contributed by atoms with Crippen LogP contribution in [0.1, 0.15) is 57.1 Å². The number of ether oxygens (including phenoxy) is 3. The minimum absolute atomic E-state index is 0.229. The highest BCUT2D eigenvalue weighted by Crippen LogP contribution is 2.35. The van der Waals surface area contributed by atoms with E-state index in [-0.39, 0.29) is 18.3 Å². The molecule has 6 heterocycles. The number of aromatic nitrogens is 4. The van der Waals surface area contributed by atoms with Crippen LogP contribution in [0.3, 0.4) is 0 Å². The van der Waals surface area contributed by atoms with E-state index in [0.29, 0.717) is 30.8 Å². The molecule has 4 aliphatic heterocycles. The van der Waals surface area contributed by atoms with Gasteiger partial charge in [-0.1, -0.05) is 0 Å². The van der Waals surface area contributed by atoms with Crippen LogP contribution in [0.4, 0.5) is 10.6 Å². The molecule has 3 aromatic rings. The molecule has 4 aliphatic rings. The zero-order valence-electron chi connectivity index (χ0n) is 22.8. The van der Waals surface area contributed by atoms with Crippen LogP contribution in [0.2, 0.25) is 0 Å². The third-order valence-electron chi connectivity index (χ3n) is 7.70. The third-order valence-corrected chi connectivity index (χ3v) is 7.70. The topological polar surface area (TPSA) is 94.8 Å². The van der Waals surface area contributed by atoms with E-state index in [1.807, 2.05) is 42.6 Å². The Hall–Kier alpha value is -3.40. The van der Waals surface area contributed by atoms with E-state index < -0.39 is 5.60 Å². The number of likely N-dealkylation sites (tertiary alicyclic amines) is 1. The zero-order valence-corrected chi connectivity index (χ0v) is 22.8. The van der Waals surface area contributed by atoms with E-state index in [2.05, 4.69) is 33.9 Å². The molecule has 2 atom stereocenters. The van der Waals surface area contributed by atoms with Crippen molar-refractivity contribution in [1.29, 1.82) is 0 Å². The second-order valence-electron chi connectivity index (χ2n) is 11.7. The molecule has 0 radical (unpaired) electrons. The molecule has 1 aromatic carbocycles. The van der Waals surface area contributed by atoms with E-state index in [1.165, 1.54) is 11.1 Å². The zero-order chi connectivity index (χ0) is 26.6. The predicted molar refractivity (Wildman–Crippen MR) is 143 cm³/mol. The minimum atomic E-state index is -0.486. The molecule has 38 heavy (non-hydrogen) atoms. The van der Waals surface area contributed by atoms with Gasteiger partial charge in [0.25, 0.3) is 0 Å². The van der Waals surface area contributed by atoms with Crippen LogP contribution in [0, 0.1) is 6.92 Å². The Balaban J connectivity index is 1.27. The quantitative estimate of drug-likeness (QED) is 0.505. The standard InChI is InChI=1S/C28H36N6O4/c1-17-10-19-14-29-34(25-13-24(30-26(31-25)36-5)33-15-20-11-21(16-33)37-20)23(19)12-22(17)18-6-8-32(9-7-18)27(35)38-28(2,3)4/h10,12-14,18,20-21H,6-9,11,15-16H2,1-5H3. The SMILES string of the molecule is COc1nc(N2CC3CC(C2)O3)cc(-n2ncc3cc(C)c(C4CCN(C(=O)OC(C)(C)C)CC4)cc32)n1. The monoisotopic (exact) mass is 520 g/mol. The van der Waals surface area contributed by atoms with Gasteiger partial charge in [-0.2, -0.15) is 15.1 Å². The van der Waals surface area contributed by atoms with Crippen molar-refractivity contribution in [2.75, 3.05) is 38.2 Å². The lowest BCUT2D eigenvalue weighted by molar-refractivity contribution is -0.133. The number of carbonyl (C=O) groups is 1. The Morgan fingerprint density at radius 1 is 1.05 bits per heavy atom. The molecule has 0 spiro atoms. The summed E-state index contributed by atoms with van der Waals surface area (Å²) in [6.45, 7) is 10.9. The second kappa shape index (κ2) is 9.41. The molecule has 0 saturated carbocycles. The van der Waals surface area contributed by atoms with Crippen LogP contribution < -0.4 is 9.64 Å². The van der Waals surface area contributed by atoms with E-state index >= 15 is 0 Å². The second-order valence-corrected chi connectivity index (χ2v) is 11.7. The highest BCUT2D eigenvalue weighted by Gasteiger charge is 2.39. The van der Waals surface area contributed by atoms with E-state index in [9.17, 15) is 4.79 Å². The molecule has 10 heteroatoms. The first-order chi connectivity index (χ1) is 18.2. The van der Waals surface area contributed by atoms with Gasteiger partial charge in [0.15, 0.2) is 5.82 Å². The van der Waals surface area contributed by atoms with Gasteiger partial charge in [-0.15, -0.1) is 0 Å². The first kappa shape index (κ1) is 24.9. The number of nitrogens with zero attached hydrogens (tertiary/aromatic N) is 6. The van der Waals surface area contributed by atoms with Gasteiger partial charge in [0.05, 0.1) is 31.0 Å². The molecule has 202 valence electrons. The molecule has 0 N–H and O–H groups in total. The number of fused-ring (bicyclic) bond motifs is 3. The van der Waals surface area contributed by atoms with Gasteiger partial charge in [-0.05, 0) is 69.7 Å². The van der Waals surface area contributed by atoms with E-state index in [0.717, 1.165) is 49.1 Å². The lowest BCUT2D eigenvalue weighted by Crippen LogP contribution is -2.57. The minimum Gasteiger partial charge on any atom is -0.467 e. The van der Waals surface area contributed by atoms with Crippen LogP contribution in [-0.4, -0.2) is 81.8 Å². The summed E-state index contributed by atoms with van der Waals surface area (Å²) in [4.78, 5) is 25.9. The number of morpholine rings is 1. The van der Waals surface area contributed by atoms with Crippen LogP contribution >= 0.6 is 0 Å². The third kappa shape index (κ3) is 4.77. The Morgan fingerprint density at radius 3 is 2.39 bits per heavy atom. The summed E-state index contributed by atoms with van der Waals surface area (Å²) in [7, 11) is 1.59. The van der Waals surface area contributed by atoms with Crippen molar-refractivity contribution < 1.29 is 19.0 Å². The lowest BCUT2D eigenvalue weighted by atomic mass is 9.86. The number of hydrogen-bond acceptors (Lipinski definition) is 8. The fourth-order valence-corrected chi connectivity index (χ4v) is 5.83. The first-order valence-corrected chi connectivity index (χ1v) is 13.5. The average molecular weight is 521 g/mol. The molecule has 7 rings (SSSR count). The number of hydrogen-bond donors (Lipinski definition) is 0. The van der Waals surface area contributed by atoms with Crippen LogP contribution in [0.15, 0.2) is 24.4 Å². The maximum atomic E-state index is 12.5. The Bertz CT molecular complexity index is 1340. The maximum absolute atomic E-state index is 12.5. The summed E-state index contributed by atoms with van der Waals surface area (Å²) in [6, 6.07) is 6.74. The van der Waals surface area contributed by atoms with Crippen molar-refractivity contribution in [2.45, 2.75) is 70.7 Å². The highest BCUT2D eigenvalue weighted by atomic mass is 16.6. The summed E-state index contributed by atoms with van der Waals surface area (Å²) in [6.07, 6.45) is 5.11. The Kier molecular flexibility index (Phi) is 6.17.